The molecule has 2 amide bonds. The number of fused-ring (bicyclic) bond motifs is 1. The zero-order valence-electron chi connectivity index (χ0n) is 16.6. The minimum absolute atomic E-state index is 0.107. The molecule has 11 nitrogen and oxygen atoms in total. The maximum atomic E-state index is 12.2. The molecule has 0 saturated carbocycles. The van der Waals surface area contributed by atoms with Crippen molar-refractivity contribution in [3.8, 4) is 0 Å². The molecule has 3 rings (SSSR count). The normalized spacial score (nSPS) is 20.6. The number of piperidine rings is 1. The summed E-state index contributed by atoms with van der Waals surface area (Å²) in [5.41, 5.74) is 0.198. The van der Waals surface area contributed by atoms with Crippen molar-refractivity contribution in [1.29, 1.82) is 0 Å². The number of hydrogen-bond donors (Lipinski definition) is 1. The zero-order chi connectivity index (χ0) is 21.7. The van der Waals surface area contributed by atoms with Crippen LogP contribution in [0, 0.1) is 0 Å². The Hall–Kier alpha value is -2.89. The lowest BCUT2D eigenvalue weighted by Crippen LogP contribution is -2.47. The number of sulfonamides is 1. The molecule has 0 aliphatic carbocycles. The molecule has 0 atom stereocenters. The Bertz CT molecular complexity index is 901. The molecule has 0 aromatic heterocycles. The number of ether oxygens (including phenoxy) is 2. The SMILES string of the molecule is CCOC(=O)N1CCC(NC(=O)COC(=O)C2=CN3CCS(=O)(=O)N=C3C=C2)CC1. The molecular weight excluding hydrogens is 416 g/mol. The molecule has 1 N–H and O–H groups in total. The number of nitrogens with one attached hydrogen (secondary N) is 1. The molecule has 3 aliphatic rings. The van der Waals surface area contributed by atoms with E-state index in [0.717, 1.165) is 0 Å². The van der Waals surface area contributed by atoms with E-state index in [1.54, 1.807) is 16.7 Å². The quantitative estimate of drug-likeness (QED) is 0.579. The fourth-order valence-corrected chi connectivity index (χ4v) is 4.20. The molecule has 0 radical (unpaired) electrons. The third-order valence-corrected chi connectivity index (χ3v) is 5.94. The van der Waals surface area contributed by atoms with Crippen molar-refractivity contribution >= 4 is 33.8 Å². The smallest absolute Gasteiger partial charge is 0.409 e. The van der Waals surface area contributed by atoms with Crippen LogP contribution in [0.5, 0.6) is 0 Å². The minimum Gasteiger partial charge on any atom is -0.452 e. The van der Waals surface area contributed by atoms with Crippen LogP contribution in [0.3, 0.4) is 0 Å². The summed E-state index contributed by atoms with van der Waals surface area (Å²) >= 11 is 0. The molecule has 0 bridgehead atoms. The number of nitrogens with zero attached hydrogens (tertiary/aromatic N) is 3. The minimum atomic E-state index is -3.47. The summed E-state index contributed by atoms with van der Waals surface area (Å²) in [5, 5.41) is 2.79. The first-order chi connectivity index (χ1) is 14.3. The molecule has 0 aromatic carbocycles. The van der Waals surface area contributed by atoms with Gasteiger partial charge in [-0.2, -0.15) is 0 Å². The topological polar surface area (TPSA) is 135 Å². The number of esters is 1. The van der Waals surface area contributed by atoms with Crippen molar-refractivity contribution in [2.45, 2.75) is 25.8 Å². The largest absolute Gasteiger partial charge is 0.452 e. The van der Waals surface area contributed by atoms with Crippen molar-refractivity contribution in [3.05, 3.63) is 23.9 Å². The van der Waals surface area contributed by atoms with Crippen LogP contribution in [0.15, 0.2) is 28.3 Å². The highest BCUT2D eigenvalue weighted by molar-refractivity contribution is 7.90. The molecule has 3 aliphatic heterocycles. The highest BCUT2D eigenvalue weighted by atomic mass is 32.2. The summed E-state index contributed by atoms with van der Waals surface area (Å²) in [6.07, 6.45) is 5.11. The summed E-state index contributed by atoms with van der Waals surface area (Å²) in [6, 6.07) is -0.107. The van der Waals surface area contributed by atoms with Gasteiger partial charge in [0.15, 0.2) is 6.61 Å². The second kappa shape index (κ2) is 9.28. The number of hydrogen-bond acceptors (Lipinski definition) is 8. The lowest BCUT2D eigenvalue weighted by molar-refractivity contribution is -0.144. The van der Waals surface area contributed by atoms with E-state index in [0.29, 0.717) is 32.5 Å². The van der Waals surface area contributed by atoms with Crippen molar-refractivity contribution in [2.75, 3.05) is 38.6 Å². The van der Waals surface area contributed by atoms with E-state index in [9.17, 15) is 22.8 Å². The van der Waals surface area contributed by atoms with Gasteiger partial charge in [-0.1, -0.05) is 0 Å². The van der Waals surface area contributed by atoms with Gasteiger partial charge in [-0.05, 0) is 31.9 Å². The number of amides is 2. The molecule has 164 valence electrons. The van der Waals surface area contributed by atoms with Crippen molar-refractivity contribution in [2.24, 2.45) is 4.40 Å². The van der Waals surface area contributed by atoms with E-state index < -0.39 is 28.5 Å². The van der Waals surface area contributed by atoms with E-state index in [2.05, 4.69) is 9.71 Å². The predicted octanol–water partition coefficient (Wildman–Crippen LogP) is -0.236. The average molecular weight is 440 g/mol. The Morgan fingerprint density at radius 1 is 1.17 bits per heavy atom. The van der Waals surface area contributed by atoms with Gasteiger partial charge in [0.25, 0.3) is 15.9 Å². The Labute approximate surface area is 174 Å². The number of likely N-dealkylation sites (tertiary alicyclic amines) is 1. The first-order valence-corrected chi connectivity index (χ1v) is 11.3. The molecule has 0 spiro atoms. The van der Waals surface area contributed by atoms with E-state index in [-0.39, 0.29) is 35.8 Å². The summed E-state index contributed by atoms with van der Waals surface area (Å²) in [5.74, 6) is -1.01. The monoisotopic (exact) mass is 440 g/mol. The Kier molecular flexibility index (Phi) is 6.75. The van der Waals surface area contributed by atoms with Gasteiger partial charge in [-0.25, -0.2) is 18.0 Å². The van der Waals surface area contributed by atoms with Crippen LogP contribution >= 0.6 is 0 Å². The average Bonchev–Trinajstić information content (AvgIpc) is 2.71. The van der Waals surface area contributed by atoms with Crippen LogP contribution in [-0.2, 0) is 29.1 Å². The molecule has 1 saturated heterocycles. The Balaban J connectivity index is 1.43. The molecule has 12 heteroatoms. The van der Waals surface area contributed by atoms with Gasteiger partial charge in [-0.3, -0.25) is 4.79 Å². The third-order valence-electron chi connectivity index (χ3n) is 4.78. The molecule has 30 heavy (non-hydrogen) atoms. The Morgan fingerprint density at radius 2 is 1.90 bits per heavy atom. The van der Waals surface area contributed by atoms with E-state index in [1.165, 1.54) is 18.4 Å². The fourth-order valence-electron chi connectivity index (χ4n) is 3.23. The van der Waals surface area contributed by atoms with E-state index >= 15 is 0 Å². The van der Waals surface area contributed by atoms with Gasteiger partial charge in [0.2, 0.25) is 0 Å². The lowest BCUT2D eigenvalue weighted by atomic mass is 10.1. The van der Waals surface area contributed by atoms with Gasteiger partial charge in [0, 0.05) is 31.9 Å². The van der Waals surface area contributed by atoms with Gasteiger partial charge >= 0.3 is 12.1 Å². The van der Waals surface area contributed by atoms with Crippen LogP contribution in [0.2, 0.25) is 0 Å². The zero-order valence-corrected chi connectivity index (χ0v) is 17.4. The number of carbonyl (C=O) groups is 3. The van der Waals surface area contributed by atoms with Crippen molar-refractivity contribution in [1.82, 2.24) is 15.1 Å². The lowest BCUT2D eigenvalue weighted by Gasteiger charge is -2.31. The predicted molar refractivity (Wildman–Crippen MR) is 106 cm³/mol. The first kappa shape index (κ1) is 21.8. The third kappa shape index (κ3) is 5.59. The summed E-state index contributed by atoms with van der Waals surface area (Å²) in [4.78, 5) is 39.1. The van der Waals surface area contributed by atoms with Crippen LogP contribution in [0.4, 0.5) is 4.79 Å². The number of carbonyl (C=O) groups excluding carboxylic acids is 3. The molecule has 1 fully saturated rings. The van der Waals surface area contributed by atoms with E-state index in [1.807, 2.05) is 0 Å². The molecule has 3 heterocycles. The van der Waals surface area contributed by atoms with Crippen LogP contribution in [0.25, 0.3) is 0 Å². The van der Waals surface area contributed by atoms with Crippen LogP contribution in [0.1, 0.15) is 19.8 Å². The molecule has 0 unspecified atom stereocenters. The maximum absolute atomic E-state index is 12.2. The molecule has 0 aromatic rings. The molecular formula is C18H24N4O7S. The van der Waals surface area contributed by atoms with Gasteiger partial charge in [0.1, 0.15) is 5.84 Å². The Morgan fingerprint density at radius 3 is 2.60 bits per heavy atom. The van der Waals surface area contributed by atoms with Crippen molar-refractivity contribution < 1.29 is 32.3 Å². The second-order valence-corrected chi connectivity index (χ2v) is 8.71. The summed E-state index contributed by atoms with van der Waals surface area (Å²) in [6.45, 7) is 2.78. The van der Waals surface area contributed by atoms with Crippen molar-refractivity contribution in [3.63, 3.8) is 0 Å². The van der Waals surface area contributed by atoms with E-state index in [4.69, 9.17) is 9.47 Å². The van der Waals surface area contributed by atoms with Gasteiger partial charge in [0.05, 0.1) is 17.9 Å². The summed E-state index contributed by atoms with van der Waals surface area (Å²) in [7, 11) is -3.47. The van der Waals surface area contributed by atoms with Crippen LogP contribution in [-0.4, -0.2) is 86.7 Å². The fraction of sp³-hybridized carbons (Fsp3) is 0.556. The van der Waals surface area contributed by atoms with Gasteiger partial charge < -0.3 is 24.6 Å². The first-order valence-electron chi connectivity index (χ1n) is 9.65. The summed E-state index contributed by atoms with van der Waals surface area (Å²) < 4.78 is 36.7. The number of amidine groups is 1. The number of rotatable bonds is 5. The van der Waals surface area contributed by atoms with Crippen LogP contribution < -0.4 is 5.32 Å². The maximum Gasteiger partial charge on any atom is 0.409 e. The highest BCUT2D eigenvalue weighted by Crippen LogP contribution is 2.16. The second-order valence-electron chi connectivity index (χ2n) is 6.95. The standard InChI is InChI=1S/C18H24N4O7S/c1-2-28-18(25)21-7-5-14(6-8-21)19-16(23)12-29-17(24)13-3-4-15-20-30(26,27)10-9-22(15)11-13/h3-4,11,14H,2,5-10,12H2,1H3,(H,19,23). The highest BCUT2D eigenvalue weighted by Gasteiger charge is 2.27. The van der Waals surface area contributed by atoms with Gasteiger partial charge in [-0.15, -0.1) is 4.40 Å².